The third kappa shape index (κ3) is 4.31. The summed E-state index contributed by atoms with van der Waals surface area (Å²) in [6, 6.07) is 15.2. The van der Waals surface area contributed by atoms with Gasteiger partial charge in [0.2, 0.25) is 5.91 Å². The van der Waals surface area contributed by atoms with Crippen molar-refractivity contribution in [3.8, 4) is 0 Å². The van der Waals surface area contributed by atoms with Crippen molar-refractivity contribution in [2.45, 2.75) is 18.8 Å². The van der Waals surface area contributed by atoms with Gasteiger partial charge in [-0.1, -0.05) is 18.2 Å². The third-order valence-electron chi connectivity index (χ3n) is 5.08. The number of hydrogen-bond donors (Lipinski definition) is 1. The highest BCUT2D eigenvalue weighted by Crippen LogP contribution is 2.39. The minimum atomic E-state index is -0.477. The number of furan rings is 1. The van der Waals surface area contributed by atoms with Gasteiger partial charge in [0.05, 0.1) is 34.7 Å². The molecule has 1 atom stereocenters. The molecule has 2 heterocycles. The number of hydrogen-bond acceptors (Lipinski definition) is 6. The van der Waals surface area contributed by atoms with E-state index in [4.69, 9.17) is 4.42 Å². The van der Waals surface area contributed by atoms with Gasteiger partial charge in [-0.25, -0.2) is 0 Å². The number of carbonyl (C=O) groups is 2. The third-order valence-corrected chi connectivity index (χ3v) is 6.34. The molecule has 1 fully saturated rings. The highest BCUT2D eigenvalue weighted by molar-refractivity contribution is 8.00. The molecule has 1 aliphatic heterocycles. The Labute approximate surface area is 182 Å². The maximum Gasteiger partial charge on any atom is 0.274 e. The largest absolute Gasteiger partial charge is 0.467 e. The molecule has 0 radical (unpaired) electrons. The molecule has 4 rings (SSSR count). The summed E-state index contributed by atoms with van der Waals surface area (Å²) in [6.07, 6.45) is 1.58. The molecule has 1 saturated heterocycles. The zero-order valence-corrected chi connectivity index (χ0v) is 17.4. The van der Waals surface area contributed by atoms with Gasteiger partial charge in [-0.05, 0) is 42.8 Å². The van der Waals surface area contributed by atoms with E-state index < -0.39 is 4.92 Å². The predicted molar refractivity (Wildman–Crippen MR) is 117 cm³/mol. The second kappa shape index (κ2) is 8.65. The predicted octanol–water partition coefficient (Wildman–Crippen LogP) is 4.52. The van der Waals surface area contributed by atoms with E-state index >= 15 is 0 Å². The molecule has 9 heteroatoms. The van der Waals surface area contributed by atoms with Crippen LogP contribution in [0.15, 0.2) is 65.3 Å². The molecule has 2 aromatic carbocycles. The van der Waals surface area contributed by atoms with E-state index in [1.807, 2.05) is 18.2 Å². The summed E-state index contributed by atoms with van der Waals surface area (Å²) in [6.45, 7) is 1.98. The van der Waals surface area contributed by atoms with Gasteiger partial charge in [-0.2, -0.15) is 0 Å². The summed E-state index contributed by atoms with van der Waals surface area (Å²) in [5, 5.41) is 13.7. The van der Waals surface area contributed by atoms with Crippen LogP contribution in [0.4, 0.5) is 11.4 Å². The summed E-state index contributed by atoms with van der Waals surface area (Å²) in [7, 11) is 0. The Hall–Kier alpha value is -3.59. The number of nitro groups is 1. The number of amides is 2. The molecular formula is C22H19N3O5S. The van der Waals surface area contributed by atoms with E-state index in [9.17, 15) is 19.7 Å². The van der Waals surface area contributed by atoms with Crippen LogP contribution < -0.4 is 5.32 Å². The van der Waals surface area contributed by atoms with Crippen molar-refractivity contribution in [2.75, 3.05) is 11.1 Å². The fourth-order valence-electron chi connectivity index (χ4n) is 3.42. The van der Waals surface area contributed by atoms with Crippen LogP contribution in [0, 0.1) is 17.0 Å². The Kier molecular flexibility index (Phi) is 5.77. The van der Waals surface area contributed by atoms with Gasteiger partial charge >= 0.3 is 0 Å². The fraction of sp³-hybridized carbons (Fsp3) is 0.182. The van der Waals surface area contributed by atoms with E-state index in [0.29, 0.717) is 34.9 Å². The number of nitrogens with zero attached hydrogens (tertiary/aromatic N) is 2. The van der Waals surface area contributed by atoms with Crippen molar-refractivity contribution in [3.05, 3.63) is 93.4 Å². The number of carbonyl (C=O) groups excluding carboxylic acids is 2. The summed E-state index contributed by atoms with van der Waals surface area (Å²) in [4.78, 5) is 37.3. The average Bonchev–Trinajstić information content (AvgIpc) is 3.40. The number of benzene rings is 2. The lowest BCUT2D eigenvalue weighted by atomic mass is 10.1. The first-order valence-corrected chi connectivity index (χ1v) is 10.6. The van der Waals surface area contributed by atoms with Crippen LogP contribution >= 0.6 is 11.8 Å². The number of nitro benzene ring substituents is 1. The van der Waals surface area contributed by atoms with Crippen LogP contribution in [0.25, 0.3) is 0 Å². The molecule has 31 heavy (non-hydrogen) atoms. The van der Waals surface area contributed by atoms with E-state index in [1.54, 1.807) is 42.4 Å². The molecule has 0 aliphatic carbocycles. The van der Waals surface area contributed by atoms with Crippen LogP contribution in [0.1, 0.15) is 32.6 Å². The van der Waals surface area contributed by atoms with Crippen LogP contribution in [-0.4, -0.2) is 27.4 Å². The minimum absolute atomic E-state index is 0.0365. The molecule has 8 nitrogen and oxygen atoms in total. The Bertz CT molecular complexity index is 1130. The summed E-state index contributed by atoms with van der Waals surface area (Å²) in [5.74, 6) is 0.774. The highest BCUT2D eigenvalue weighted by atomic mass is 32.2. The first kappa shape index (κ1) is 20.7. The Morgan fingerprint density at radius 2 is 2.00 bits per heavy atom. The van der Waals surface area contributed by atoms with Crippen molar-refractivity contribution >= 4 is 35.0 Å². The average molecular weight is 437 g/mol. The monoisotopic (exact) mass is 437 g/mol. The zero-order valence-electron chi connectivity index (χ0n) is 16.6. The molecule has 0 saturated carbocycles. The van der Waals surface area contributed by atoms with E-state index in [-0.39, 0.29) is 22.9 Å². The maximum atomic E-state index is 12.6. The van der Waals surface area contributed by atoms with E-state index in [1.165, 1.54) is 23.9 Å². The molecular weight excluding hydrogens is 418 g/mol. The molecule has 158 valence electrons. The van der Waals surface area contributed by atoms with Crippen LogP contribution in [0.5, 0.6) is 0 Å². The first-order chi connectivity index (χ1) is 14.9. The van der Waals surface area contributed by atoms with Crippen molar-refractivity contribution in [2.24, 2.45) is 0 Å². The van der Waals surface area contributed by atoms with Gasteiger partial charge < -0.3 is 14.6 Å². The van der Waals surface area contributed by atoms with Gasteiger partial charge in [-0.15, -0.1) is 11.8 Å². The standard InChI is InChI=1S/C22H19N3O5S/c1-14-18(5-2-6-19(14)25(28)29)23-21(27)15-7-9-16(10-8-15)22-24(20(26)13-31-22)12-17-4-3-11-30-17/h2-11,22H,12-13H2,1H3,(H,23,27)/t22-/m0/s1. The lowest BCUT2D eigenvalue weighted by Crippen LogP contribution is -2.27. The normalized spacial score (nSPS) is 15.8. The lowest BCUT2D eigenvalue weighted by molar-refractivity contribution is -0.385. The molecule has 1 aliphatic rings. The molecule has 0 unspecified atom stereocenters. The van der Waals surface area contributed by atoms with E-state index in [2.05, 4.69) is 5.32 Å². The number of nitrogens with one attached hydrogen (secondary N) is 1. The van der Waals surface area contributed by atoms with Crippen LogP contribution in [0.2, 0.25) is 0 Å². The minimum Gasteiger partial charge on any atom is -0.467 e. The van der Waals surface area contributed by atoms with Crippen molar-refractivity contribution in [3.63, 3.8) is 0 Å². The lowest BCUT2D eigenvalue weighted by Gasteiger charge is -2.23. The fourth-order valence-corrected chi connectivity index (χ4v) is 4.61. The Morgan fingerprint density at radius 1 is 1.23 bits per heavy atom. The van der Waals surface area contributed by atoms with Crippen molar-refractivity contribution < 1.29 is 18.9 Å². The smallest absolute Gasteiger partial charge is 0.274 e. The second-order valence-electron chi connectivity index (χ2n) is 7.05. The van der Waals surface area contributed by atoms with Gasteiger partial charge in [0, 0.05) is 11.6 Å². The molecule has 3 aromatic rings. The van der Waals surface area contributed by atoms with Crippen LogP contribution in [-0.2, 0) is 11.3 Å². The summed E-state index contributed by atoms with van der Waals surface area (Å²) >= 11 is 1.53. The summed E-state index contributed by atoms with van der Waals surface area (Å²) < 4.78 is 5.37. The zero-order chi connectivity index (χ0) is 22.0. The second-order valence-corrected chi connectivity index (χ2v) is 8.12. The topological polar surface area (TPSA) is 106 Å². The van der Waals surface area contributed by atoms with Crippen molar-refractivity contribution in [1.82, 2.24) is 4.90 Å². The van der Waals surface area contributed by atoms with Crippen molar-refractivity contribution in [1.29, 1.82) is 0 Å². The highest BCUT2D eigenvalue weighted by Gasteiger charge is 2.33. The number of anilines is 1. The Morgan fingerprint density at radius 3 is 2.68 bits per heavy atom. The maximum absolute atomic E-state index is 12.6. The number of rotatable bonds is 6. The van der Waals surface area contributed by atoms with Gasteiger partial charge in [0.25, 0.3) is 11.6 Å². The van der Waals surface area contributed by atoms with Gasteiger partial charge in [0.15, 0.2) is 0 Å². The van der Waals surface area contributed by atoms with Crippen LogP contribution in [0.3, 0.4) is 0 Å². The van der Waals surface area contributed by atoms with Gasteiger partial charge in [-0.3, -0.25) is 19.7 Å². The molecule has 1 aromatic heterocycles. The SMILES string of the molecule is Cc1c(NC(=O)c2ccc([C@@H]3SCC(=O)N3Cc3ccco3)cc2)cccc1[N+](=O)[O-]. The Balaban J connectivity index is 1.49. The first-order valence-electron chi connectivity index (χ1n) is 9.53. The van der Waals surface area contributed by atoms with Gasteiger partial charge in [0.1, 0.15) is 11.1 Å². The number of thioether (sulfide) groups is 1. The molecule has 2 amide bonds. The summed E-state index contributed by atoms with van der Waals surface area (Å²) in [5.41, 5.74) is 2.07. The quantitative estimate of drug-likeness (QED) is 0.449. The molecule has 0 spiro atoms. The molecule has 1 N–H and O–H groups in total. The molecule has 0 bridgehead atoms. The van der Waals surface area contributed by atoms with E-state index in [0.717, 1.165) is 5.56 Å².